The first kappa shape index (κ1) is 13.8. The van der Waals surface area contributed by atoms with Crippen LogP contribution in [0.25, 0.3) is 0 Å². The first-order valence-electron chi connectivity index (χ1n) is 6.63. The molecule has 2 rings (SSSR count). The maximum Gasteiger partial charge on any atom is 0.253 e. The second kappa shape index (κ2) is 5.17. The lowest BCUT2D eigenvalue weighted by molar-refractivity contribution is 0.753. The van der Waals surface area contributed by atoms with Gasteiger partial charge < -0.3 is 4.57 Å². The number of hydrogen-bond acceptors (Lipinski definition) is 1. The largest absolute Gasteiger partial charge is 0.311 e. The van der Waals surface area contributed by atoms with Crippen LogP contribution in [0, 0.1) is 6.92 Å². The predicted octanol–water partition coefficient (Wildman–Crippen LogP) is 2.75. The minimum atomic E-state index is -1.24. The van der Waals surface area contributed by atoms with Crippen molar-refractivity contribution in [1.82, 2.24) is 4.57 Å². The summed E-state index contributed by atoms with van der Waals surface area (Å²) in [6.07, 6.45) is 1.85. The van der Waals surface area contributed by atoms with E-state index < -0.39 is 8.07 Å². The molecule has 1 aromatic carbocycles. The Kier molecular flexibility index (Phi) is 3.76. The van der Waals surface area contributed by atoms with E-state index in [4.69, 9.17) is 0 Å². The zero-order chi connectivity index (χ0) is 14.0. The number of rotatable bonds is 3. The zero-order valence-corrected chi connectivity index (χ0v) is 13.1. The van der Waals surface area contributed by atoms with Gasteiger partial charge in [0.2, 0.25) is 0 Å². The first-order chi connectivity index (χ1) is 8.88. The standard InChI is InChI=1S/C16H21NOSi/c1-13-6-5-11-17(16(13)18)12-14-7-9-15(10-8-14)19(2,3)4/h5-11H,12H2,1-4H3. The van der Waals surface area contributed by atoms with Crippen molar-refractivity contribution in [3.05, 3.63) is 64.1 Å². The number of aromatic nitrogens is 1. The highest BCUT2D eigenvalue weighted by Crippen LogP contribution is 2.05. The molecule has 0 N–H and O–H groups in total. The van der Waals surface area contributed by atoms with E-state index >= 15 is 0 Å². The molecular weight excluding hydrogens is 250 g/mol. The number of aryl methyl sites for hydroxylation is 1. The molecule has 0 bridgehead atoms. The van der Waals surface area contributed by atoms with E-state index in [0.717, 1.165) is 5.56 Å². The third-order valence-electron chi connectivity index (χ3n) is 3.38. The number of nitrogens with zero attached hydrogens (tertiary/aromatic N) is 1. The molecule has 2 aromatic rings. The molecule has 0 atom stereocenters. The summed E-state index contributed by atoms with van der Waals surface area (Å²) in [5.74, 6) is 0. The molecule has 3 heteroatoms. The molecule has 0 aliphatic rings. The van der Waals surface area contributed by atoms with Crippen LogP contribution in [-0.4, -0.2) is 12.6 Å². The van der Waals surface area contributed by atoms with Crippen molar-refractivity contribution < 1.29 is 0 Å². The van der Waals surface area contributed by atoms with Crippen LogP contribution in [0.4, 0.5) is 0 Å². The molecule has 0 saturated carbocycles. The Labute approximate surface area is 115 Å². The molecule has 0 radical (unpaired) electrons. The summed E-state index contributed by atoms with van der Waals surface area (Å²) < 4.78 is 1.76. The van der Waals surface area contributed by atoms with E-state index in [1.165, 1.54) is 10.8 Å². The quantitative estimate of drug-likeness (QED) is 0.787. The number of benzene rings is 1. The first-order valence-corrected chi connectivity index (χ1v) is 10.1. The molecule has 0 saturated heterocycles. The third-order valence-corrected chi connectivity index (χ3v) is 5.45. The van der Waals surface area contributed by atoms with E-state index in [2.05, 4.69) is 43.9 Å². The van der Waals surface area contributed by atoms with Crippen molar-refractivity contribution in [2.24, 2.45) is 0 Å². The van der Waals surface area contributed by atoms with Crippen molar-refractivity contribution in [3.8, 4) is 0 Å². The monoisotopic (exact) mass is 271 g/mol. The SMILES string of the molecule is Cc1cccn(Cc2ccc([Si](C)(C)C)cc2)c1=O. The van der Waals surface area contributed by atoms with Gasteiger partial charge in [-0.3, -0.25) is 4.79 Å². The average Bonchev–Trinajstić information content (AvgIpc) is 2.35. The fourth-order valence-corrected chi connectivity index (χ4v) is 3.25. The second-order valence-electron chi connectivity index (χ2n) is 6.07. The number of hydrogen-bond donors (Lipinski definition) is 0. The maximum absolute atomic E-state index is 12.0. The summed E-state index contributed by atoms with van der Waals surface area (Å²) in [5.41, 5.74) is 2.06. The van der Waals surface area contributed by atoms with Gasteiger partial charge in [0.1, 0.15) is 0 Å². The van der Waals surface area contributed by atoms with Gasteiger partial charge in [-0.15, -0.1) is 0 Å². The van der Waals surface area contributed by atoms with Gasteiger partial charge in [0.05, 0.1) is 14.6 Å². The smallest absolute Gasteiger partial charge is 0.253 e. The molecule has 0 spiro atoms. The lowest BCUT2D eigenvalue weighted by Crippen LogP contribution is -2.37. The Bertz CT molecular complexity index is 620. The molecule has 0 aliphatic carbocycles. The van der Waals surface area contributed by atoms with Gasteiger partial charge in [-0.25, -0.2) is 0 Å². The normalized spacial score (nSPS) is 11.6. The molecular formula is C16H21NOSi. The summed E-state index contributed by atoms with van der Waals surface area (Å²) in [7, 11) is -1.24. The van der Waals surface area contributed by atoms with E-state index in [1.54, 1.807) is 4.57 Å². The van der Waals surface area contributed by atoms with Crippen LogP contribution < -0.4 is 10.7 Å². The van der Waals surface area contributed by atoms with E-state index in [0.29, 0.717) is 6.54 Å². The summed E-state index contributed by atoms with van der Waals surface area (Å²) >= 11 is 0. The summed E-state index contributed by atoms with van der Waals surface area (Å²) in [6.45, 7) is 9.52. The summed E-state index contributed by atoms with van der Waals surface area (Å²) in [6, 6.07) is 12.5. The Morgan fingerprint density at radius 1 is 1.05 bits per heavy atom. The van der Waals surface area contributed by atoms with Crippen LogP contribution in [0.2, 0.25) is 19.6 Å². The highest BCUT2D eigenvalue weighted by Gasteiger charge is 2.15. The van der Waals surface area contributed by atoms with Crippen molar-refractivity contribution >= 4 is 13.3 Å². The van der Waals surface area contributed by atoms with Gasteiger partial charge in [-0.2, -0.15) is 0 Å². The van der Waals surface area contributed by atoms with E-state index in [9.17, 15) is 4.79 Å². The summed E-state index contributed by atoms with van der Waals surface area (Å²) in [5, 5.41) is 1.45. The number of pyridine rings is 1. The molecule has 0 unspecified atom stereocenters. The van der Waals surface area contributed by atoms with E-state index in [-0.39, 0.29) is 5.56 Å². The third kappa shape index (κ3) is 3.23. The second-order valence-corrected chi connectivity index (χ2v) is 11.1. The maximum atomic E-state index is 12.0. The van der Waals surface area contributed by atoms with E-state index in [1.807, 2.05) is 25.3 Å². The van der Waals surface area contributed by atoms with Gasteiger partial charge in [0.15, 0.2) is 0 Å². The van der Waals surface area contributed by atoms with Crippen molar-refractivity contribution in [1.29, 1.82) is 0 Å². The molecule has 1 heterocycles. The Balaban J connectivity index is 2.25. The lowest BCUT2D eigenvalue weighted by atomic mass is 10.2. The molecule has 0 aliphatic heterocycles. The van der Waals surface area contributed by atoms with Crippen LogP contribution in [0.1, 0.15) is 11.1 Å². The van der Waals surface area contributed by atoms with Crippen LogP contribution in [-0.2, 0) is 6.54 Å². The van der Waals surface area contributed by atoms with Crippen LogP contribution in [0.15, 0.2) is 47.4 Å². The average molecular weight is 271 g/mol. The fraction of sp³-hybridized carbons (Fsp3) is 0.312. The van der Waals surface area contributed by atoms with Gasteiger partial charge in [-0.1, -0.05) is 55.2 Å². The minimum Gasteiger partial charge on any atom is -0.311 e. The highest BCUT2D eigenvalue weighted by atomic mass is 28.3. The molecule has 2 nitrogen and oxygen atoms in total. The van der Waals surface area contributed by atoms with Crippen molar-refractivity contribution in [3.63, 3.8) is 0 Å². The Hall–Kier alpha value is -1.61. The zero-order valence-electron chi connectivity index (χ0n) is 12.1. The Morgan fingerprint density at radius 2 is 1.68 bits per heavy atom. The molecule has 0 amide bonds. The molecule has 1 aromatic heterocycles. The van der Waals surface area contributed by atoms with Crippen LogP contribution >= 0.6 is 0 Å². The topological polar surface area (TPSA) is 22.0 Å². The minimum absolute atomic E-state index is 0.0942. The fourth-order valence-electron chi connectivity index (χ4n) is 2.09. The van der Waals surface area contributed by atoms with Gasteiger partial charge in [0, 0.05) is 11.8 Å². The molecule has 100 valence electrons. The van der Waals surface area contributed by atoms with Crippen molar-refractivity contribution in [2.75, 3.05) is 0 Å². The Morgan fingerprint density at radius 3 is 2.26 bits per heavy atom. The molecule has 19 heavy (non-hydrogen) atoms. The predicted molar refractivity (Wildman–Crippen MR) is 84.0 cm³/mol. The van der Waals surface area contributed by atoms with Gasteiger partial charge >= 0.3 is 0 Å². The van der Waals surface area contributed by atoms with Crippen molar-refractivity contribution in [2.45, 2.75) is 33.1 Å². The van der Waals surface area contributed by atoms with Crippen LogP contribution in [0.3, 0.4) is 0 Å². The van der Waals surface area contributed by atoms with Gasteiger partial charge in [-0.05, 0) is 18.6 Å². The highest BCUT2D eigenvalue weighted by molar-refractivity contribution is 6.88. The lowest BCUT2D eigenvalue weighted by Gasteiger charge is -2.17. The summed E-state index contributed by atoms with van der Waals surface area (Å²) in [4.78, 5) is 12.0. The van der Waals surface area contributed by atoms with Gasteiger partial charge in [0.25, 0.3) is 5.56 Å². The molecule has 0 fully saturated rings. The van der Waals surface area contributed by atoms with Crippen LogP contribution in [0.5, 0.6) is 0 Å².